The van der Waals surface area contributed by atoms with E-state index in [0.717, 1.165) is 29.6 Å². The van der Waals surface area contributed by atoms with Crippen LogP contribution in [-0.2, 0) is 19.4 Å². The lowest BCUT2D eigenvalue weighted by atomic mass is 9.90. The van der Waals surface area contributed by atoms with E-state index < -0.39 is 0 Å². The van der Waals surface area contributed by atoms with E-state index in [4.69, 9.17) is 11.6 Å². The number of nitrogens with zero attached hydrogens (tertiary/aromatic N) is 2. The molecule has 0 N–H and O–H groups in total. The molecule has 1 amide bonds. The molecule has 0 bridgehead atoms. The molecule has 3 aromatic rings. The largest absolute Gasteiger partial charge is 0.315 e. The standard InChI is InChI=1S/C20H19ClN2OS/c1-2-23-18-16(21)8-5-9-17(18)25-20(23)22-19(24)15-11-10-13-6-3-4-7-14(13)12-15/h5,8-12H,2-4,6-7H2,1H3. The third kappa shape index (κ3) is 3.05. The van der Waals surface area contributed by atoms with E-state index in [1.165, 1.54) is 35.3 Å². The number of hydrogen-bond donors (Lipinski definition) is 0. The molecule has 0 spiro atoms. The second-order valence-corrected chi connectivity index (χ2v) is 7.74. The maximum absolute atomic E-state index is 12.7. The van der Waals surface area contributed by atoms with Crippen LogP contribution in [0.4, 0.5) is 0 Å². The fraction of sp³-hybridized carbons (Fsp3) is 0.300. The van der Waals surface area contributed by atoms with Gasteiger partial charge in [-0.2, -0.15) is 4.99 Å². The van der Waals surface area contributed by atoms with Gasteiger partial charge in [-0.3, -0.25) is 4.79 Å². The van der Waals surface area contributed by atoms with Crippen LogP contribution in [0.25, 0.3) is 10.2 Å². The maximum Gasteiger partial charge on any atom is 0.279 e. The Hall–Kier alpha value is -1.91. The number of halogens is 1. The van der Waals surface area contributed by atoms with Gasteiger partial charge in [-0.25, -0.2) is 0 Å². The molecule has 1 aliphatic rings. The summed E-state index contributed by atoms with van der Waals surface area (Å²) in [7, 11) is 0. The fourth-order valence-electron chi connectivity index (χ4n) is 3.48. The number of carbonyl (C=O) groups excluding carboxylic acids is 1. The SMILES string of the molecule is CCn1c(=NC(=O)c2ccc3c(c2)CCCC3)sc2cccc(Cl)c21. The Bertz CT molecular complexity index is 1030. The molecule has 0 unspecified atom stereocenters. The molecule has 1 heterocycles. The first kappa shape index (κ1) is 16.6. The highest BCUT2D eigenvalue weighted by atomic mass is 35.5. The number of fused-ring (bicyclic) bond motifs is 2. The Morgan fingerprint density at radius 3 is 2.80 bits per heavy atom. The molecule has 1 aromatic heterocycles. The van der Waals surface area contributed by atoms with Crippen molar-refractivity contribution in [3.63, 3.8) is 0 Å². The van der Waals surface area contributed by atoms with Crippen molar-refractivity contribution in [3.8, 4) is 0 Å². The van der Waals surface area contributed by atoms with Gasteiger partial charge in [-0.1, -0.05) is 35.1 Å². The molecule has 0 saturated heterocycles. The van der Waals surface area contributed by atoms with Gasteiger partial charge in [-0.15, -0.1) is 0 Å². The molecule has 0 atom stereocenters. The van der Waals surface area contributed by atoms with E-state index >= 15 is 0 Å². The van der Waals surface area contributed by atoms with Crippen LogP contribution in [0.1, 0.15) is 41.3 Å². The quantitative estimate of drug-likeness (QED) is 0.625. The van der Waals surface area contributed by atoms with Crippen LogP contribution >= 0.6 is 22.9 Å². The Kier molecular flexibility index (Phi) is 4.48. The van der Waals surface area contributed by atoms with Gasteiger partial charge in [0.2, 0.25) is 0 Å². The highest BCUT2D eigenvalue weighted by Crippen LogP contribution is 2.26. The Balaban J connectivity index is 1.79. The molecule has 128 valence electrons. The Morgan fingerprint density at radius 2 is 2.00 bits per heavy atom. The van der Waals surface area contributed by atoms with Gasteiger partial charge in [0.1, 0.15) is 0 Å². The van der Waals surface area contributed by atoms with Crippen molar-refractivity contribution in [1.82, 2.24) is 4.57 Å². The molecule has 25 heavy (non-hydrogen) atoms. The molecule has 1 aliphatic carbocycles. The van der Waals surface area contributed by atoms with E-state index in [9.17, 15) is 4.79 Å². The summed E-state index contributed by atoms with van der Waals surface area (Å²) in [6.07, 6.45) is 4.62. The van der Waals surface area contributed by atoms with Crippen LogP contribution in [0, 0.1) is 0 Å². The van der Waals surface area contributed by atoms with Crippen LogP contribution in [0.15, 0.2) is 41.4 Å². The van der Waals surface area contributed by atoms with Gasteiger partial charge in [-0.05, 0) is 68.0 Å². The van der Waals surface area contributed by atoms with Gasteiger partial charge in [0.15, 0.2) is 4.80 Å². The summed E-state index contributed by atoms with van der Waals surface area (Å²) in [6.45, 7) is 2.76. The minimum absolute atomic E-state index is 0.182. The van der Waals surface area contributed by atoms with Crippen LogP contribution < -0.4 is 4.80 Å². The summed E-state index contributed by atoms with van der Waals surface area (Å²) in [5, 5.41) is 0.693. The lowest BCUT2D eigenvalue weighted by Crippen LogP contribution is -2.16. The highest BCUT2D eigenvalue weighted by molar-refractivity contribution is 7.16. The predicted molar refractivity (Wildman–Crippen MR) is 103 cm³/mol. The second kappa shape index (κ2) is 6.77. The number of rotatable bonds is 2. The van der Waals surface area contributed by atoms with Gasteiger partial charge in [0.25, 0.3) is 5.91 Å². The van der Waals surface area contributed by atoms with Crippen LogP contribution in [0.3, 0.4) is 0 Å². The summed E-state index contributed by atoms with van der Waals surface area (Å²) in [5.74, 6) is -0.182. The number of carbonyl (C=O) groups is 1. The average Bonchev–Trinajstić information content (AvgIpc) is 2.99. The van der Waals surface area contributed by atoms with E-state index in [-0.39, 0.29) is 5.91 Å². The minimum Gasteiger partial charge on any atom is -0.315 e. The number of aryl methyl sites for hydroxylation is 3. The van der Waals surface area contributed by atoms with Crippen molar-refractivity contribution in [1.29, 1.82) is 0 Å². The Labute approximate surface area is 155 Å². The fourth-order valence-corrected chi connectivity index (χ4v) is 4.94. The van der Waals surface area contributed by atoms with Crippen LogP contribution in [0.2, 0.25) is 5.02 Å². The summed E-state index contributed by atoms with van der Waals surface area (Å²) < 4.78 is 3.06. The van der Waals surface area contributed by atoms with Gasteiger partial charge >= 0.3 is 0 Å². The zero-order chi connectivity index (χ0) is 17.4. The van der Waals surface area contributed by atoms with Gasteiger partial charge < -0.3 is 4.57 Å². The van der Waals surface area contributed by atoms with Crippen molar-refractivity contribution < 1.29 is 4.79 Å². The minimum atomic E-state index is -0.182. The molecule has 0 radical (unpaired) electrons. The zero-order valence-electron chi connectivity index (χ0n) is 14.1. The average molecular weight is 371 g/mol. The monoisotopic (exact) mass is 370 g/mol. The number of amides is 1. The highest BCUT2D eigenvalue weighted by Gasteiger charge is 2.14. The third-order valence-electron chi connectivity index (χ3n) is 4.76. The van der Waals surface area contributed by atoms with E-state index in [2.05, 4.69) is 11.1 Å². The predicted octanol–water partition coefficient (Wildman–Crippen LogP) is 5.00. The lowest BCUT2D eigenvalue weighted by Gasteiger charge is -2.15. The van der Waals surface area contributed by atoms with Gasteiger partial charge in [0, 0.05) is 12.1 Å². The first-order chi connectivity index (χ1) is 12.2. The van der Waals surface area contributed by atoms with Crippen molar-refractivity contribution in [2.45, 2.75) is 39.2 Å². The summed E-state index contributed by atoms with van der Waals surface area (Å²) >= 11 is 7.85. The second-order valence-electron chi connectivity index (χ2n) is 6.32. The van der Waals surface area contributed by atoms with Crippen molar-refractivity contribution in [2.75, 3.05) is 0 Å². The topological polar surface area (TPSA) is 34.4 Å². The van der Waals surface area contributed by atoms with E-state index in [0.29, 0.717) is 15.4 Å². The number of para-hydroxylation sites is 1. The van der Waals surface area contributed by atoms with Crippen molar-refractivity contribution >= 4 is 39.1 Å². The molecule has 3 nitrogen and oxygen atoms in total. The first-order valence-corrected chi connectivity index (χ1v) is 9.85. The molecule has 2 aromatic carbocycles. The number of hydrogen-bond acceptors (Lipinski definition) is 2. The smallest absolute Gasteiger partial charge is 0.279 e. The summed E-state index contributed by atoms with van der Waals surface area (Å²) in [4.78, 5) is 17.8. The van der Waals surface area contributed by atoms with Crippen LogP contribution in [-0.4, -0.2) is 10.5 Å². The van der Waals surface area contributed by atoms with Crippen LogP contribution in [0.5, 0.6) is 0 Å². The normalized spacial score (nSPS) is 14.7. The molecule has 5 heteroatoms. The number of benzene rings is 2. The molecule has 4 rings (SSSR count). The van der Waals surface area contributed by atoms with E-state index in [1.807, 2.05) is 41.8 Å². The lowest BCUT2D eigenvalue weighted by molar-refractivity contribution is 0.0997. The summed E-state index contributed by atoms with van der Waals surface area (Å²) in [5.41, 5.74) is 4.30. The van der Waals surface area contributed by atoms with Crippen molar-refractivity contribution in [2.24, 2.45) is 4.99 Å². The first-order valence-electron chi connectivity index (χ1n) is 8.66. The zero-order valence-corrected chi connectivity index (χ0v) is 15.7. The van der Waals surface area contributed by atoms with Gasteiger partial charge in [0.05, 0.1) is 15.2 Å². The molecule has 0 aliphatic heterocycles. The maximum atomic E-state index is 12.7. The molecule has 0 fully saturated rings. The number of thiazole rings is 1. The van der Waals surface area contributed by atoms with Crippen molar-refractivity contribution in [3.05, 3.63) is 62.9 Å². The Morgan fingerprint density at radius 1 is 1.20 bits per heavy atom. The molecular formula is C20H19ClN2OS. The third-order valence-corrected chi connectivity index (χ3v) is 6.11. The molecule has 0 saturated carbocycles. The van der Waals surface area contributed by atoms with E-state index in [1.54, 1.807) is 0 Å². The molecular weight excluding hydrogens is 352 g/mol. The number of aromatic nitrogens is 1. The summed E-state index contributed by atoms with van der Waals surface area (Å²) in [6, 6.07) is 11.8.